The maximum atomic E-state index is 13.0. The zero-order chi connectivity index (χ0) is 25.5. The van der Waals surface area contributed by atoms with Crippen LogP contribution in [0.3, 0.4) is 0 Å². The van der Waals surface area contributed by atoms with Crippen LogP contribution in [-0.4, -0.2) is 41.1 Å². The van der Waals surface area contributed by atoms with Crippen LogP contribution in [0.25, 0.3) is 11.1 Å². The molecule has 1 heterocycles. The zero-order valence-corrected chi connectivity index (χ0v) is 22.9. The number of carbonyl (C=O) groups is 3. The predicted molar refractivity (Wildman–Crippen MR) is 149 cm³/mol. The molecule has 0 aliphatic heterocycles. The van der Waals surface area contributed by atoms with Crippen molar-refractivity contribution in [3.8, 4) is 11.1 Å². The van der Waals surface area contributed by atoms with Gasteiger partial charge in [0.25, 0.3) is 0 Å². The molecule has 0 radical (unpaired) electrons. The minimum atomic E-state index is -0.613. The van der Waals surface area contributed by atoms with Crippen molar-refractivity contribution in [3.05, 3.63) is 101 Å². The number of thiophene rings is 1. The van der Waals surface area contributed by atoms with Crippen molar-refractivity contribution in [2.24, 2.45) is 0 Å². The van der Waals surface area contributed by atoms with Crippen LogP contribution in [0.2, 0.25) is 0 Å². The number of hydrogen-bond donors (Lipinski definition) is 3. The number of para-hydroxylation sites is 1. The van der Waals surface area contributed by atoms with Gasteiger partial charge in [0.2, 0.25) is 0 Å². The first kappa shape index (κ1) is 25.4. The number of benzene rings is 3. The quantitative estimate of drug-likeness (QED) is 0.287. The number of anilines is 2. The number of carbonyl (C=O) groups excluding carboxylic acids is 3. The molecule has 1 aromatic heterocycles. The van der Waals surface area contributed by atoms with Crippen molar-refractivity contribution < 1.29 is 14.4 Å². The molecule has 3 aromatic carbocycles. The Morgan fingerprint density at radius 1 is 0.889 bits per heavy atom. The molecule has 0 saturated heterocycles. The van der Waals surface area contributed by atoms with E-state index in [-0.39, 0.29) is 24.3 Å². The molecule has 4 rings (SSSR count). The molecule has 6 nitrogen and oxygen atoms in total. The Labute approximate surface area is 222 Å². The summed E-state index contributed by atoms with van der Waals surface area (Å²) in [6.07, 6.45) is 0. The number of hydrogen-bond acceptors (Lipinski definition) is 4. The summed E-state index contributed by atoms with van der Waals surface area (Å²) in [5.74, 6) is -1.30. The van der Waals surface area contributed by atoms with Gasteiger partial charge in [-0.3, -0.25) is 4.79 Å². The third-order valence-electron chi connectivity index (χ3n) is 5.64. The van der Waals surface area contributed by atoms with E-state index in [0.717, 1.165) is 21.2 Å². The van der Waals surface area contributed by atoms with E-state index < -0.39 is 5.92 Å². The Bertz CT molecular complexity index is 1360. The molecule has 0 aliphatic carbocycles. The van der Waals surface area contributed by atoms with E-state index in [0.29, 0.717) is 16.8 Å². The second-order valence-corrected chi connectivity index (χ2v) is 10.3. The molecule has 3 N–H and O–H groups in total. The van der Waals surface area contributed by atoms with Gasteiger partial charge in [-0.1, -0.05) is 18.2 Å². The van der Waals surface area contributed by atoms with Gasteiger partial charge in [0, 0.05) is 6.92 Å². The van der Waals surface area contributed by atoms with Crippen LogP contribution in [0.5, 0.6) is 0 Å². The Morgan fingerprint density at radius 2 is 1.64 bits per heavy atom. The van der Waals surface area contributed by atoms with E-state index in [1.54, 1.807) is 47.7 Å². The van der Waals surface area contributed by atoms with E-state index in [4.69, 9.17) is 0 Å². The van der Waals surface area contributed by atoms with E-state index in [2.05, 4.69) is 33.5 Å². The first-order valence-electron chi connectivity index (χ1n) is 11.3. The van der Waals surface area contributed by atoms with E-state index in [1.165, 1.54) is 23.8 Å². The van der Waals surface area contributed by atoms with Crippen LogP contribution >= 0.6 is 11.3 Å². The molecule has 0 aliphatic rings. The third kappa shape index (κ3) is 6.50. The fraction of sp³-hybridized carbons (Fsp3) is 0.107. The topological polar surface area (TPSA) is 87.3 Å². The standard InChI is InChI=1S/C28H26AsN3O3S/c1-18(33)30-16-24(28(35)31-23-5-3-2-4-6-23)19-7-9-20(10-8-19)27(34)32-26-15-21(11-12-25(26)29)22-13-14-36-17-22/h2-15,17,24H,16,29H2,1H3,(H,30,33)(H,31,35)(H,32,34). The van der Waals surface area contributed by atoms with Crippen LogP contribution in [-0.2, 0) is 9.59 Å². The van der Waals surface area contributed by atoms with Gasteiger partial charge in [-0.05, 0) is 12.1 Å². The summed E-state index contributed by atoms with van der Waals surface area (Å²) in [6.45, 7) is 1.56. The minimum absolute atomic E-state index is 0.149. The van der Waals surface area contributed by atoms with Gasteiger partial charge in [0.05, 0.1) is 0 Å². The molecule has 2 unspecified atom stereocenters. The van der Waals surface area contributed by atoms with Gasteiger partial charge >= 0.3 is 181 Å². The summed E-state index contributed by atoms with van der Waals surface area (Å²) in [4.78, 5) is 37.5. The molecule has 4 aromatic rings. The summed E-state index contributed by atoms with van der Waals surface area (Å²) < 4.78 is 1.03. The summed E-state index contributed by atoms with van der Waals surface area (Å²) in [6, 6.07) is 24.2. The Balaban J connectivity index is 1.50. The van der Waals surface area contributed by atoms with Crippen molar-refractivity contribution >= 4 is 61.6 Å². The fourth-order valence-electron chi connectivity index (χ4n) is 3.69. The van der Waals surface area contributed by atoms with Gasteiger partial charge < -0.3 is 0 Å². The first-order chi connectivity index (χ1) is 17.4. The van der Waals surface area contributed by atoms with Gasteiger partial charge in [-0.15, -0.1) is 0 Å². The first-order valence-corrected chi connectivity index (χ1v) is 13.5. The molecule has 0 saturated carbocycles. The Hall–Kier alpha value is -3.67. The van der Waals surface area contributed by atoms with Crippen molar-refractivity contribution in [1.29, 1.82) is 0 Å². The predicted octanol–water partition coefficient (Wildman–Crippen LogP) is 3.78. The summed E-state index contributed by atoms with van der Waals surface area (Å²) in [7, 11) is 0. The fourth-order valence-corrected chi connectivity index (χ4v) is 4.89. The molecule has 182 valence electrons. The van der Waals surface area contributed by atoms with Crippen LogP contribution in [0.1, 0.15) is 28.8 Å². The van der Waals surface area contributed by atoms with Crippen LogP contribution < -0.4 is 20.3 Å². The zero-order valence-electron chi connectivity index (χ0n) is 19.7. The summed E-state index contributed by atoms with van der Waals surface area (Å²) >= 11 is 3.07. The Morgan fingerprint density at radius 3 is 2.31 bits per heavy atom. The average Bonchev–Trinajstić information content (AvgIpc) is 3.41. The molecule has 3 amide bonds. The van der Waals surface area contributed by atoms with Gasteiger partial charge in [0.1, 0.15) is 0 Å². The van der Waals surface area contributed by atoms with Crippen molar-refractivity contribution in [3.63, 3.8) is 0 Å². The molecular weight excluding hydrogens is 533 g/mol. The van der Waals surface area contributed by atoms with Crippen molar-refractivity contribution in [1.82, 2.24) is 5.32 Å². The van der Waals surface area contributed by atoms with E-state index >= 15 is 0 Å². The summed E-state index contributed by atoms with van der Waals surface area (Å²) in [5, 5.41) is 12.7. The van der Waals surface area contributed by atoms with Crippen LogP contribution in [0.15, 0.2) is 89.6 Å². The van der Waals surface area contributed by atoms with Crippen molar-refractivity contribution in [2.75, 3.05) is 17.2 Å². The SMILES string of the molecule is CC(=O)NCC(C(=O)Nc1ccccc1)c1ccc(C(=O)Nc2cc(-c3ccsc3)ccc2[AsH2])cc1. The van der Waals surface area contributed by atoms with E-state index in [1.807, 2.05) is 35.7 Å². The molecule has 0 spiro atoms. The maximum absolute atomic E-state index is 13.0. The third-order valence-corrected chi connectivity index (χ3v) is 7.38. The van der Waals surface area contributed by atoms with Gasteiger partial charge in [0.15, 0.2) is 0 Å². The second-order valence-electron chi connectivity index (χ2n) is 8.24. The van der Waals surface area contributed by atoms with Gasteiger partial charge in [-0.2, -0.15) is 0 Å². The Kier molecular flexibility index (Phi) is 8.36. The number of amides is 3. The molecular formula is C28H26AsN3O3S. The van der Waals surface area contributed by atoms with Gasteiger partial charge in [-0.25, -0.2) is 0 Å². The number of rotatable bonds is 8. The number of nitrogens with one attached hydrogen (secondary N) is 3. The molecule has 36 heavy (non-hydrogen) atoms. The average molecular weight is 560 g/mol. The van der Waals surface area contributed by atoms with E-state index in [9.17, 15) is 14.4 Å². The molecule has 8 heteroatoms. The monoisotopic (exact) mass is 559 g/mol. The molecule has 2 atom stereocenters. The molecule has 0 bridgehead atoms. The van der Waals surface area contributed by atoms with Crippen molar-refractivity contribution in [2.45, 2.75) is 12.8 Å². The van der Waals surface area contributed by atoms with Crippen LogP contribution in [0, 0.1) is 0 Å². The second kappa shape index (κ2) is 11.8. The molecule has 0 fully saturated rings. The normalized spacial score (nSPS) is 11.4. The summed E-state index contributed by atoms with van der Waals surface area (Å²) in [5.41, 5.74) is 4.80. The van der Waals surface area contributed by atoms with Crippen LogP contribution in [0.4, 0.5) is 11.4 Å².